The predicted octanol–water partition coefficient (Wildman–Crippen LogP) is 24.0. The molecule has 0 saturated heterocycles. The minimum Gasteiger partial charge on any atom is -0.463 e. The predicted molar refractivity (Wildman–Crippen MR) is 418 cm³/mol. The number of aliphatic hydroxyl groups excluding tert-OH is 2. The molecule has 4 N–H and O–H groups in total. The standard InChI is InChI=1S/C83H150O16P2/c1-4-7-10-13-16-19-22-25-28-29-30-31-32-33-34-35-36-37-38-39-40-41-42-43-44-45-46-47-50-52-54-57-60-63-66-69-81(86)93-72-78(84)73-95-100(89,90)96-74-79(85)75-97-101(91,92)98-77-80(99-83(88)71-68-65-62-59-56-53-49-27-24-21-18-15-12-9-6-3)76-94-82(87)70-67-64-61-58-55-51-48-26-23-20-17-14-11-8-5-2/h16-17,19-20,25-28,30-31,33-34,48-49,78-80,84-85H,4-15,18,21-24,29,32,35-47,50-77H2,1-3H3,(H,89,90)(H,91,92)/b19-16-,20-17-,28-25-,31-30-,34-33-,48-26-,49-27-. The highest BCUT2D eigenvalue weighted by Crippen LogP contribution is 2.45. The Balaban J connectivity index is 4.34. The van der Waals surface area contributed by atoms with E-state index < -0.39 is 91.5 Å². The zero-order valence-corrected chi connectivity index (χ0v) is 66.1. The van der Waals surface area contributed by atoms with Crippen molar-refractivity contribution >= 4 is 33.6 Å². The molecule has 0 saturated carbocycles. The molecule has 0 aromatic rings. The van der Waals surface area contributed by atoms with Crippen molar-refractivity contribution in [3.05, 3.63) is 85.1 Å². The average Bonchev–Trinajstić information content (AvgIpc) is 1.74. The quantitative estimate of drug-likeness (QED) is 0.0146. The van der Waals surface area contributed by atoms with E-state index in [0.717, 1.165) is 122 Å². The molecule has 0 rings (SSSR count). The lowest BCUT2D eigenvalue weighted by Gasteiger charge is -2.21. The Bertz CT molecular complexity index is 2180. The van der Waals surface area contributed by atoms with Crippen molar-refractivity contribution in [1.29, 1.82) is 0 Å². The highest BCUT2D eigenvalue weighted by Gasteiger charge is 2.29. The third-order valence-electron chi connectivity index (χ3n) is 17.6. The monoisotopic (exact) mass is 1470 g/mol. The number of phosphoric acid groups is 2. The van der Waals surface area contributed by atoms with Crippen LogP contribution in [0.3, 0.4) is 0 Å². The van der Waals surface area contributed by atoms with Crippen LogP contribution in [0.2, 0.25) is 0 Å². The molecule has 0 fully saturated rings. The molecule has 0 radical (unpaired) electrons. The number of hydrogen-bond donors (Lipinski definition) is 4. The summed E-state index contributed by atoms with van der Waals surface area (Å²) in [5.74, 6) is -1.58. The van der Waals surface area contributed by atoms with Gasteiger partial charge in [-0.15, -0.1) is 0 Å². The molecule has 0 aliphatic rings. The number of aliphatic hydroxyl groups is 2. The molecule has 101 heavy (non-hydrogen) atoms. The molecule has 0 aliphatic carbocycles. The minimum absolute atomic E-state index is 0.0940. The molecule has 0 aliphatic heterocycles. The number of hydrogen-bond acceptors (Lipinski definition) is 14. The van der Waals surface area contributed by atoms with E-state index in [-0.39, 0.29) is 19.3 Å². The lowest BCUT2D eigenvalue weighted by Crippen LogP contribution is -2.30. The van der Waals surface area contributed by atoms with Crippen LogP contribution in [0.5, 0.6) is 0 Å². The Kier molecular flexibility index (Phi) is 73.9. The van der Waals surface area contributed by atoms with Crippen LogP contribution in [0.15, 0.2) is 85.1 Å². The van der Waals surface area contributed by atoms with Gasteiger partial charge >= 0.3 is 33.6 Å². The molecule has 588 valence electrons. The minimum atomic E-state index is -4.93. The molecule has 5 atom stereocenters. The fourth-order valence-electron chi connectivity index (χ4n) is 11.3. The number of phosphoric ester groups is 2. The average molecular weight is 1470 g/mol. The highest BCUT2D eigenvalue weighted by molar-refractivity contribution is 7.47. The molecule has 16 nitrogen and oxygen atoms in total. The maximum atomic E-state index is 12.9. The highest BCUT2D eigenvalue weighted by atomic mass is 31.2. The summed E-state index contributed by atoms with van der Waals surface area (Å²) in [6.07, 6.45) is 86.6. The summed E-state index contributed by atoms with van der Waals surface area (Å²) in [5.41, 5.74) is 0. The van der Waals surface area contributed by atoms with Crippen molar-refractivity contribution in [1.82, 2.24) is 0 Å². The van der Waals surface area contributed by atoms with E-state index in [2.05, 4.69) is 106 Å². The van der Waals surface area contributed by atoms with Crippen LogP contribution in [0.25, 0.3) is 0 Å². The number of rotatable bonds is 78. The van der Waals surface area contributed by atoms with Crippen LogP contribution in [0.4, 0.5) is 0 Å². The summed E-state index contributed by atoms with van der Waals surface area (Å²) in [6.45, 7) is 2.64. The number of carbonyl (C=O) groups is 3. The van der Waals surface area contributed by atoms with Gasteiger partial charge in [0.1, 0.15) is 25.4 Å². The Hall–Kier alpha value is -3.27. The van der Waals surface area contributed by atoms with Crippen molar-refractivity contribution in [3.63, 3.8) is 0 Å². The van der Waals surface area contributed by atoms with Gasteiger partial charge in [0.2, 0.25) is 0 Å². The zero-order chi connectivity index (χ0) is 73.7. The van der Waals surface area contributed by atoms with Crippen LogP contribution in [0, 0.1) is 0 Å². The summed E-state index contributed by atoms with van der Waals surface area (Å²) in [7, 11) is -9.78. The number of ether oxygens (including phenoxy) is 3. The molecular weight excluding hydrogens is 1310 g/mol. The second-order valence-corrected chi connectivity index (χ2v) is 30.5. The molecule has 0 bridgehead atoms. The van der Waals surface area contributed by atoms with E-state index in [1.54, 1.807) is 0 Å². The fraction of sp³-hybridized carbons (Fsp3) is 0.795. The zero-order valence-electron chi connectivity index (χ0n) is 64.3. The third-order valence-corrected chi connectivity index (χ3v) is 19.5. The summed E-state index contributed by atoms with van der Waals surface area (Å²) in [6, 6.07) is 0. The third kappa shape index (κ3) is 77.6. The topological polar surface area (TPSA) is 231 Å². The van der Waals surface area contributed by atoms with Crippen molar-refractivity contribution in [3.8, 4) is 0 Å². The molecule has 18 heteroatoms. The Morgan fingerprint density at radius 2 is 0.495 bits per heavy atom. The number of unbranched alkanes of at least 4 members (excludes halogenated alkanes) is 41. The van der Waals surface area contributed by atoms with E-state index >= 15 is 0 Å². The van der Waals surface area contributed by atoms with Gasteiger partial charge in [-0.05, 0) is 122 Å². The summed E-state index contributed by atoms with van der Waals surface area (Å²) in [5, 5.41) is 20.6. The van der Waals surface area contributed by atoms with Gasteiger partial charge in [0.05, 0.1) is 26.4 Å². The molecule has 0 amide bonds. The van der Waals surface area contributed by atoms with Gasteiger partial charge in [-0.2, -0.15) is 0 Å². The van der Waals surface area contributed by atoms with Crippen molar-refractivity contribution in [2.45, 2.75) is 386 Å². The van der Waals surface area contributed by atoms with Crippen LogP contribution in [-0.4, -0.2) is 95.9 Å². The molecular formula is C83H150O16P2. The van der Waals surface area contributed by atoms with E-state index in [9.17, 15) is 43.5 Å². The first kappa shape index (κ1) is 97.7. The second-order valence-electron chi connectivity index (χ2n) is 27.6. The first-order valence-corrected chi connectivity index (χ1v) is 43.9. The van der Waals surface area contributed by atoms with Crippen LogP contribution in [-0.2, 0) is 55.8 Å². The largest absolute Gasteiger partial charge is 0.472 e. The smallest absolute Gasteiger partial charge is 0.463 e. The van der Waals surface area contributed by atoms with Crippen molar-refractivity contribution in [2.24, 2.45) is 0 Å². The Morgan fingerprint density at radius 1 is 0.277 bits per heavy atom. The Labute approximate surface area is 616 Å². The van der Waals surface area contributed by atoms with Crippen molar-refractivity contribution in [2.75, 3.05) is 39.6 Å². The lowest BCUT2D eigenvalue weighted by atomic mass is 10.0. The van der Waals surface area contributed by atoms with Gasteiger partial charge in [-0.3, -0.25) is 32.5 Å². The van der Waals surface area contributed by atoms with Gasteiger partial charge in [0, 0.05) is 19.3 Å². The van der Waals surface area contributed by atoms with E-state index in [1.807, 2.05) is 0 Å². The van der Waals surface area contributed by atoms with Crippen molar-refractivity contribution < 1.29 is 75.8 Å². The second kappa shape index (κ2) is 76.4. The fourth-order valence-corrected chi connectivity index (χ4v) is 12.9. The van der Waals surface area contributed by atoms with Crippen LogP contribution < -0.4 is 0 Å². The first-order chi connectivity index (χ1) is 49.2. The van der Waals surface area contributed by atoms with Crippen LogP contribution >= 0.6 is 15.6 Å². The Morgan fingerprint density at radius 3 is 0.812 bits per heavy atom. The van der Waals surface area contributed by atoms with Gasteiger partial charge in [-0.1, -0.05) is 311 Å². The SMILES string of the molecule is CCCCC/C=C\C/C=C\C/C=C\C/C=C\CCCCCCCCCCCCCCCCCCCCCC(=O)OCC(O)COP(=O)(O)OCC(O)COP(=O)(O)OCC(COC(=O)CCCCCCC/C=C\C/C=C\CCCCC)OC(=O)CCCCCCC/C=C\CCCCCCCC. The lowest BCUT2D eigenvalue weighted by molar-refractivity contribution is -0.161. The molecule has 0 heterocycles. The molecule has 0 aromatic carbocycles. The summed E-state index contributed by atoms with van der Waals surface area (Å²) < 4.78 is 61.1. The van der Waals surface area contributed by atoms with E-state index in [1.165, 1.54) is 186 Å². The maximum absolute atomic E-state index is 12.9. The number of carbonyl (C=O) groups excluding carboxylic acids is 3. The summed E-state index contributed by atoms with van der Waals surface area (Å²) in [4.78, 5) is 58.6. The van der Waals surface area contributed by atoms with E-state index in [4.69, 9.17) is 32.3 Å². The van der Waals surface area contributed by atoms with Gasteiger partial charge in [-0.25, -0.2) is 9.13 Å². The number of esters is 3. The summed E-state index contributed by atoms with van der Waals surface area (Å²) >= 11 is 0. The van der Waals surface area contributed by atoms with Crippen LogP contribution in [0.1, 0.15) is 367 Å². The first-order valence-electron chi connectivity index (χ1n) is 40.9. The van der Waals surface area contributed by atoms with Gasteiger partial charge < -0.3 is 34.2 Å². The molecule has 5 unspecified atom stereocenters. The normalized spacial score (nSPS) is 14.4. The molecule has 0 spiro atoms. The molecule has 0 aromatic heterocycles. The maximum Gasteiger partial charge on any atom is 0.472 e. The number of allylic oxidation sites excluding steroid dienone is 14. The van der Waals surface area contributed by atoms with Gasteiger partial charge in [0.15, 0.2) is 6.10 Å². The van der Waals surface area contributed by atoms with E-state index in [0.29, 0.717) is 19.3 Å². The van der Waals surface area contributed by atoms with Gasteiger partial charge in [0.25, 0.3) is 0 Å².